The summed E-state index contributed by atoms with van der Waals surface area (Å²) in [5.74, 6) is 1.02. The summed E-state index contributed by atoms with van der Waals surface area (Å²) in [5.41, 5.74) is 9.19. The van der Waals surface area contributed by atoms with Gasteiger partial charge >= 0.3 is 5.97 Å². The Morgan fingerprint density at radius 2 is 1.85 bits per heavy atom. The third-order valence-corrected chi connectivity index (χ3v) is 4.10. The summed E-state index contributed by atoms with van der Waals surface area (Å²) in [7, 11) is 5.97. The first-order valence-electron chi connectivity index (χ1n) is 8.00. The molecule has 0 radical (unpaired) electrons. The molecule has 2 rings (SSSR count). The molecule has 0 atom stereocenters. The Balaban J connectivity index is 2.84. The average molecular weight is 360 g/mol. The number of rotatable bonds is 8. The van der Waals surface area contributed by atoms with Crippen LogP contribution >= 0.6 is 0 Å². The molecule has 0 fully saturated rings. The fourth-order valence-electron chi connectivity index (χ4n) is 3.00. The summed E-state index contributed by atoms with van der Waals surface area (Å²) in [6.45, 7) is 3.98. The van der Waals surface area contributed by atoms with E-state index in [0.717, 1.165) is 16.7 Å². The van der Waals surface area contributed by atoms with Gasteiger partial charge in [0.25, 0.3) is 0 Å². The molecule has 140 valence electrons. The topological polar surface area (TPSA) is 95.8 Å². The van der Waals surface area contributed by atoms with E-state index >= 15 is 0 Å². The first kappa shape index (κ1) is 19.4. The molecule has 0 aliphatic carbocycles. The van der Waals surface area contributed by atoms with Gasteiger partial charge in [-0.25, -0.2) is 4.79 Å². The van der Waals surface area contributed by atoms with Crippen molar-refractivity contribution in [2.75, 3.05) is 28.4 Å². The van der Waals surface area contributed by atoms with Crippen molar-refractivity contribution in [1.82, 2.24) is 4.98 Å². The molecular formula is C19H24N2O5. The highest BCUT2D eigenvalue weighted by Crippen LogP contribution is 2.46. The number of hydrogen-bond donors (Lipinski definition) is 2. The van der Waals surface area contributed by atoms with Gasteiger partial charge in [-0.15, -0.1) is 6.58 Å². The van der Waals surface area contributed by atoms with Crippen LogP contribution in [0.2, 0.25) is 0 Å². The minimum Gasteiger partial charge on any atom is -0.493 e. The van der Waals surface area contributed by atoms with Crippen LogP contribution in [0.4, 0.5) is 0 Å². The quantitative estimate of drug-likeness (QED) is 0.555. The predicted molar refractivity (Wildman–Crippen MR) is 99.0 cm³/mol. The highest BCUT2D eigenvalue weighted by atomic mass is 16.5. The first-order valence-corrected chi connectivity index (χ1v) is 8.00. The van der Waals surface area contributed by atoms with E-state index < -0.39 is 5.97 Å². The van der Waals surface area contributed by atoms with E-state index in [1.54, 1.807) is 26.4 Å². The molecule has 1 aromatic heterocycles. The van der Waals surface area contributed by atoms with E-state index in [1.807, 2.05) is 6.07 Å². The third-order valence-electron chi connectivity index (χ3n) is 4.10. The minimum atomic E-state index is -0.470. The van der Waals surface area contributed by atoms with Crippen LogP contribution < -0.4 is 19.9 Å². The van der Waals surface area contributed by atoms with Crippen LogP contribution in [0.3, 0.4) is 0 Å². The molecule has 1 aromatic carbocycles. The highest BCUT2D eigenvalue weighted by molar-refractivity contribution is 5.94. The lowest BCUT2D eigenvalue weighted by Gasteiger charge is -2.17. The average Bonchev–Trinajstić information content (AvgIpc) is 3.04. The molecule has 1 heterocycles. The summed E-state index contributed by atoms with van der Waals surface area (Å²) >= 11 is 0. The maximum Gasteiger partial charge on any atom is 0.354 e. The Bertz CT molecular complexity index is 811. The van der Waals surface area contributed by atoms with Gasteiger partial charge < -0.3 is 29.7 Å². The van der Waals surface area contributed by atoms with Crippen LogP contribution in [0.5, 0.6) is 17.2 Å². The normalized spacial score (nSPS) is 10.3. The number of hydrogen-bond acceptors (Lipinski definition) is 6. The molecule has 7 nitrogen and oxygen atoms in total. The second kappa shape index (κ2) is 8.44. The van der Waals surface area contributed by atoms with Crippen molar-refractivity contribution < 1.29 is 23.7 Å². The maximum atomic E-state index is 12.2. The van der Waals surface area contributed by atoms with Crippen molar-refractivity contribution in [3.63, 3.8) is 0 Å². The van der Waals surface area contributed by atoms with Gasteiger partial charge in [-0.05, 0) is 24.1 Å². The molecule has 0 bridgehead atoms. The van der Waals surface area contributed by atoms with E-state index in [1.165, 1.54) is 14.2 Å². The fraction of sp³-hybridized carbons (Fsp3) is 0.316. The third kappa shape index (κ3) is 3.25. The minimum absolute atomic E-state index is 0.202. The molecule has 7 heteroatoms. The Labute approximate surface area is 152 Å². The van der Waals surface area contributed by atoms with E-state index in [2.05, 4.69) is 11.6 Å². The molecule has 3 N–H and O–H groups in total. The van der Waals surface area contributed by atoms with Gasteiger partial charge in [0.2, 0.25) is 5.75 Å². The van der Waals surface area contributed by atoms with Gasteiger partial charge in [0.1, 0.15) is 5.69 Å². The van der Waals surface area contributed by atoms with Crippen LogP contribution in [0.15, 0.2) is 24.8 Å². The van der Waals surface area contributed by atoms with Crippen molar-refractivity contribution in [3.05, 3.63) is 41.7 Å². The predicted octanol–water partition coefficient (Wildman–Crippen LogP) is 2.68. The van der Waals surface area contributed by atoms with E-state index in [-0.39, 0.29) is 6.54 Å². The zero-order valence-corrected chi connectivity index (χ0v) is 15.5. The Hall–Kier alpha value is -2.93. The largest absolute Gasteiger partial charge is 0.493 e. The number of esters is 1. The van der Waals surface area contributed by atoms with Crippen LogP contribution in [-0.2, 0) is 17.7 Å². The number of benzene rings is 1. The number of nitrogens with one attached hydrogen (secondary N) is 1. The zero-order chi connectivity index (χ0) is 19.3. The van der Waals surface area contributed by atoms with Crippen molar-refractivity contribution in [2.24, 2.45) is 5.73 Å². The summed E-state index contributed by atoms with van der Waals surface area (Å²) in [6.07, 6.45) is 2.17. The molecule has 0 aliphatic rings. The zero-order valence-electron chi connectivity index (χ0n) is 15.5. The number of methoxy groups -OCH3 is 4. The van der Waals surface area contributed by atoms with Gasteiger partial charge in [0.15, 0.2) is 11.5 Å². The Morgan fingerprint density at radius 1 is 1.15 bits per heavy atom. The summed E-state index contributed by atoms with van der Waals surface area (Å²) in [6, 6.07) is 3.62. The van der Waals surface area contributed by atoms with Crippen molar-refractivity contribution >= 4 is 5.97 Å². The van der Waals surface area contributed by atoms with Crippen molar-refractivity contribution in [3.8, 4) is 28.4 Å². The Kier molecular flexibility index (Phi) is 6.30. The summed E-state index contributed by atoms with van der Waals surface area (Å²) < 4.78 is 21.3. The SMILES string of the molecule is C=CCc1c(C(=O)OC)[nH]c(CN)c1-c1ccc(OC)c(OC)c1OC. The van der Waals surface area contributed by atoms with Crippen LogP contribution in [-0.4, -0.2) is 39.4 Å². The molecule has 26 heavy (non-hydrogen) atoms. The van der Waals surface area contributed by atoms with Gasteiger partial charge in [-0.2, -0.15) is 0 Å². The number of aromatic nitrogens is 1. The lowest BCUT2D eigenvalue weighted by molar-refractivity contribution is 0.0593. The maximum absolute atomic E-state index is 12.2. The standard InChI is InChI=1S/C19H24N2O5/c1-6-7-11-15(13(10-20)21-16(11)19(22)26-5)12-8-9-14(23-2)18(25-4)17(12)24-3/h6,8-9,21H,1,7,10,20H2,2-5H3. The van der Waals surface area contributed by atoms with E-state index in [4.69, 9.17) is 24.7 Å². The van der Waals surface area contributed by atoms with Crippen LogP contribution in [0.1, 0.15) is 21.7 Å². The number of ether oxygens (including phenoxy) is 4. The molecule has 0 saturated carbocycles. The number of carbonyl (C=O) groups excluding carboxylic acids is 1. The lowest BCUT2D eigenvalue weighted by atomic mass is 9.96. The Morgan fingerprint density at radius 3 is 2.35 bits per heavy atom. The molecular weight excluding hydrogens is 336 g/mol. The second-order valence-electron chi connectivity index (χ2n) is 5.40. The molecule has 2 aromatic rings. The molecule has 0 saturated heterocycles. The smallest absolute Gasteiger partial charge is 0.354 e. The number of H-pyrrole nitrogens is 1. The molecule has 0 aliphatic heterocycles. The summed E-state index contributed by atoms with van der Waals surface area (Å²) in [4.78, 5) is 15.3. The first-order chi connectivity index (χ1) is 12.6. The van der Waals surface area contributed by atoms with E-state index in [0.29, 0.717) is 35.1 Å². The van der Waals surface area contributed by atoms with Crippen LogP contribution in [0.25, 0.3) is 11.1 Å². The van der Waals surface area contributed by atoms with Gasteiger partial charge in [0, 0.05) is 23.4 Å². The second-order valence-corrected chi connectivity index (χ2v) is 5.40. The van der Waals surface area contributed by atoms with E-state index in [9.17, 15) is 4.79 Å². The monoisotopic (exact) mass is 360 g/mol. The van der Waals surface area contributed by atoms with Gasteiger partial charge in [-0.1, -0.05) is 6.08 Å². The number of carbonyl (C=O) groups is 1. The van der Waals surface area contributed by atoms with Gasteiger partial charge in [-0.3, -0.25) is 0 Å². The molecule has 0 amide bonds. The highest BCUT2D eigenvalue weighted by Gasteiger charge is 2.26. The lowest BCUT2D eigenvalue weighted by Crippen LogP contribution is -2.05. The fourth-order valence-corrected chi connectivity index (χ4v) is 3.00. The van der Waals surface area contributed by atoms with Gasteiger partial charge in [0.05, 0.1) is 28.4 Å². The number of nitrogens with two attached hydrogens (primary N) is 1. The van der Waals surface area contributed by atoms with Crippen molar-refractivity contribution in [1.29, 1.82) is 0 Å². The van der Waals surface area contributed by atoms with Crippen LogP contribution in [0, 0.1) is 0 Å². The summed E-state index contributed by atoms with van der Waals surface area (Å²) in [5, 5.41) is 0. The molecule has 0 unspecified atom stereocenters. The van der Waals surface area contributed by atoms with Crippen molar-refractivity contribution in [2.45, 2.75) is 13.0 Å². The molecule has 0 spiro atoms. The number of aromatic amines is 1. The number of allylic oxidation sites excluding steroid dienone is 1.